The van der Waals surface area contributed by atoms with Gasteiger partial charge in [0, 0.05) is 12.8 Å². The normalized spacial score (nSPS) is 25.4. The third-order valence-corrected chi connectivity index (χ3v) is 4.58. The first-order valence-electron chi connectivity index (χ1n) is 7.33. The molecule has 0 bridgehead atoms. The zero-order valence-electron chi connectivity index (χ0n) is 12.8. The zero-order valence-corrected chi connectivity index (χ0v) is 12.8. The van der Waals surface area contributed by atoms with E-state index in [4.69, 9.17) is 0 Å². The highest BCUT2D eigenvalue weighted by molar-refractivity contribution is 5.92. The van der Waals surface area contributed by atoms with Crippen molar-refractivity contribution in [3.63, 3.8) is 0 Å². The summed E-state index contributed by atoms with van der Waals surface area (Å²) in [5.74, 6) is -1.10. The van der Waals surface area contributed by atoms with Crippen molar-refractivity contribution in [2.24, 2.45) is 0 Å². The van der Waals surface area contributed by atoms with Gasteiger partial charge in [0.2, 0.25) is 0 Å². The number of carbonyl (C=O) groups excluding carboxylic acids is 2. The summed E-state index contributed by atoms with van der Waals surface area (Å²) in [6.45, 7) is 0.270. The fraction of sp³-hybridized carbons (Fsp3) is 0.438. The van der Waals surface area contributed by atoms with Crippen LogP contribution >= 0.6 is 0 Å². The summed E-state index contributed by atoms with van der Waals surface area (Å²) in [7, 11) is 1.13. The van der Waals surface area contributed by atoms with Crippen LogP contribution in [0, 0.1) is 5.82 Å². The molecule has 2 rings (SSSR count). The minimum atomic E-state index is -1.37. The van der Waals surface area contributed by atoms with Crippen LogP contribution in [-0.4, -0.2) is 54.2 Å². The van der Waals surface area contributed by atoms with Crippen LogP contribution in [0.1, 0.15) is 24.3 Å². The van der Waals surface area contributed by atoms with Crippen molar-refractivity contribution in [1.82, 2.24) is 0 Å². The first-order valence-corrected chi connectivity index (χ1v) is 7.33. The van der Waals surface area contributed by atoms with Gasteiger partial charge in [0.25, 0.3) is 6.04 Å². The lowest BCUT2D eigenvalue weighted by Crippen LogP contribution is -2.65. The van der Waals surface area contributed by atoms with E-state index in [1.165, 1.54) is 12.1 Å². The first kappa shape index (κ1) is 17.1. The van der Waals surface area contributed by atoms with Gasteiger partial charge in [0.15, 0.2) is 6.29 Å². The number of likely N-dealkylation sites (tertiary alicyclic amines) is 1. The fourth-order valence-electron chi connectivity index (χ4n) is 3.18. The lowest BCUT2D eigenvalue weighted by molar-refractivity contribution is -0.869. The molecule has 0 saturated carbocycles. The Hall–Kier alpha value is -2.28. The molecule has 7 heteroatoms. The van der Waals surface area contributed by atoms with Crippen LogP contribution in [0.2, 0.25) is 0 Å². The highest BCUT2D eigenvalue weighted by Gasteiger charge is 2.51. The predicted molar refractivity (Wildman–Crippen MR) is 78.3 cm³/mol. The standard InChI is InChI=1S/C16H18FNO5/c1-23-15(20)14(10-19)18(16(21)22)8-6-12(7-9-18)11-2-4-13(17)5-3-11/h2-5,10,12,14H,6-9H2,1H3/p+1. The summed E-state index contributed by atoms with van der Waals surface area (Å²) in [6, 6.07) is 4.72. The lowest BCUT2D eigenvalue weighted by atomic mass is 9.87. The number of aldehydes is 1. The van der Waals surface area contributed by atoms with Crippen molar-refractivity contribution in [3.8, 4) is 0 Å². The van der Waals surface area contributed by atoms with Crippen molar-refractivity contribution in [1.29, 1.82) is 0 Å². The predicted octanol–water partition coefficient (Wildman–Crippen LogP) is 1.94. The Balaban J connectivity index is 2.20. The maximum Gasteiger partial charge on any atom is 0.514 e. The zero-order chi connectivity index (χ0) is 17.0. The van der Waals surface area contributed by atoms with E-state index in [1.54, 1.807) is 12.1 Å². The number of quaternary nitrogens is 1. The van der Waals surface area contributed by atoms with Crippen LogP contribution in [0.25, 0.3) is 0 Å². The first-order chi connectivity index (χ1) is 10.9. The molecule has 1 aromatic rings. The van der Waals surface area contributed by atoms with E-state index in [1.807, 2.05) is 0 Å². The maximum absolute atomic E-state index is 13.0. The molecule has 1 N–H and O–H groups in total. The Bertz CT molecular complexity index is 593. The van der Waals surface area contributed by atoms with Gasteiger partial charge in [-0.3, -0.25) is 4.79 Å². The molecular formula is C16H19FNO5+. The molecule has 1 aromatic carbocycles. The molecule has 1 fully saturated rings. The molecule has 1 atom stereocenters. The number of rotatable bonds is 4. The monoisotopic (exact) mass is 324 g/mol. The van der Waals surface area contributed by atoms with Crippen molar-refractivity contribution in [2.75, 3.05) is 20.2 Å². The molecule has 0 aliphatic carbocycles. The Morgan fingerprint density at radius 3 is 2.30 bits per heavy atom. The summed E-state index contributed by atoms with van der Waals surface area (Å²) in [5, 5.41) is 9.58. The molecule has 1 heterocycles. The van der Waals surface area contributed by atoms with Gasteiger partial charge in [-0.25, -0.2) is 13.7 Å². The molecule has 1 amide bonds. The molecule has 6 nitrogen and oxygen atoms in total. The number of hydrogen-bond acceptors (Lipinski definition) is 4. The van der Waals surface area contributed by atoms with E-state index in [9.17, 15) is 23.9 Å². The average molecular weight is 324 g/mol. The van der Waals surface area contributed by atoms with Crippen LogP contribution < -0.4 is 0 Å². The van der Waals surface area contributed by atoms with Crippen LogP contribution in [0.5, 0.6) is 0 Å². The van der Waals surface area contributed by atoms with Gasteiger partial charge in [0.05, 0.1) is 20.2 Å². The Kier molecular flexibility index (Phi) is 5.10. The molecule has 0 radical (unpaired) electrons. The van der Waals surface area contributed by atoms with E-state index < -0.39 is 22.6 Å². The van der Waals surface area contributed by atoms with Gasteiger partial charge < -0.3 is 9.84 Å². The summed E-state index contributed by atoms with van der Waals surface area (Å²) >= 11 is 0. The number of methoxy groups -OCH3 is 1. The number of piperidine rings is 1. The average Bonchev–Trinajstić information content (AvgIpc) is 2.56. The summed E-state index contributed by atoms with van der Waals surface area (Å²) < 4.78 is 16.9. The van der Waals surface area contributed by atoms with Gasteiger partial charge in [-0.05, 0) is 23.6 Å². The number of benzene rings is 1. The van der Waals surface area contributed by atoms with E-state index in [-0.39, 0.29) is 24.8 Å². The number of amides is 1. The molecule has 23 heavy (non-hydrogen) atoms. The third kappa shape index (κ3) is 3.24. The van der Waals surface area contributed by atoms with Gasteiger partial charge >= 0.3 is 12.1 Å². The van der Waals surface area contributed by atoms with Gasteiger partial charge in [-0.15, -0.1) is 0 Å². The highest BCUT2D eigenvalue weighted by Crippen LogP contribution is 2.33. The van der Waals surface area contributed by atoms with E-state index >= 15 is 0 Å². The topological polar surface area (TPSA) is 80.7 Å². The minimum Gasteiger partial charge on any atom is -0.464 e. The smallest absolute Gasteiger partial charge is 0.464 e. The van der Waals surface area contributed by atoms with E-state index in [0.717, 1.165) is 12.7 Å². The van der Waals surface area contributed by atoms with E-state index in [0.29, 0.717) is 19.1 Å². The number of esters is 1. The molecule has 0 spiro atoms. The second kappa shape index (κ2) is 6.87. The van der Waals surface area contributed by atoms with Crippen LogP contribution in [0.15, 0.2) is 24.3 Å². The van der Waals surface area contributed by atoms with Gasteiger partial charge in [-0.1, -0.05) is 12.1 Å². The van der Waals surface area contributed by atoms with Gasteiger partial charge in [-0.2, -0.15) is 4.79 Å². The van der Waals surface area contributed by atoms with Crippen LogP contribution in [0.4, 0.5) is 9.18 Å². The summed E-state index contributed by atoms with van der Waals surface area (Å²) in [5.41, 5.74) is 0.926. The minimum absolute atomic E-state index is 0.0751. The largest absolute Gasteiger partial charge is 0.514 e. The van der Waals surface area contributed by atoms with Crippen LogP contribution in [0.3, 0.4) is 0 Å². The summed E-state index contributed by atoms with van der Waals surface area (Å²) in [4.78, 5) is 34.8. The SMILES string of the molecule is COC(=O)C(C=O)[N+]1(C(=O)O)CCC(c2ccc(F)cc2)CC1. The number of carbonyl (C=O) groups is 3. The molecule has 1 saturated heterocycles. The number of hydrogen-bond donors (Lipinski definition) is 1. The maximum atomic E-state index is 13.0. The Morgan fingerprint density at radius 1 is 1.30 bits per heavy atom. The molecule has 1 aliphatic heterocycles. The number of halogens is 1. The molecular weight excluding hydrogens is 305 g/mol. The second-order valence-corrected chi connectivity index (χ2v) is 5.69. The Labute approximate surface area is 133 Å². The van der Waals surface area contributed by atoms with E-state index in [2.05, 4.69) is 4.74 Å². The lowest BCUT2D eigenvalue weighted by Gasteiger charge is -2.40. The highest BCUT2D eigenvalue weighted by atomic mass is 19.1. The van der Waals surface area contributed by atoms with Gasteiger partial charge in [0.1, 0.15) is 5.82 Å². The van der Waals surface area contributed by atoms with Crippen molar-refractivity contribution in [3.05, 3.63) is 35.6 Å². The molecule has 1 unspecified atom stereocenters. The third-order valence-electron chi connectivity index (χ3n) is 4.58. The van der Waals surface area contributed by atoms with Crippen LogP contribution in [-0.2, 0) is 14.3 Å². The summed E-state index contributed by atoms with van der Waals surface area (Å²) in [6.07, 6.45) is 0.0986. The Morgan fingerprint density at radius 2 is 1.87 bits per heavy atom. The van der Waals surface area contributed by atoms with Crippen molar-refractivity contribution < 1.29 is 33.1 Å². The van der Waals surface area contributed by atoms with Crippen molar-refractivity contribution >= 4 is 18.3 Å². The molecule has 0 aromatic heterocycles. The number of nitrogens with zero attached hydrogens (tertiary/aromatic N) is 1. The number of carboxylic acid groups (broad SMARTS) is 1. The van der Waals surface area contributed by atoms with Crippen molar-refractivity contribution in [2.45, 2.75) is 24.8 Å². The molecule has 124 valence electrons. The quantitative estimate of drug-likeness (QED) is 0.396. The second-order valence-electron chi connectivity index (χ2n) is 5.69. The fourth-order valence-corrected chi connectivity index (χ4v) is 3.18. The molecule has 1 aliphatic rings. The number of ether oxygens (including phenoxy) is 1.